The lowest BCUT2D eigenvalue weighted by atomic mass is 10.1. The number of hydrogen-bond donors (Lipinski definition) is 1. The molecule has 0 spiro atoms. The maximum Gasteiger partial charge on any atom is 0.0599 e. The second-order valence-corrected chi connectivity index (χ2v) is 5.79. The molecule has 0 aromatic rings. The monoisotopic (exact) mass is 254 g/mol. The number of piperidine rings is 1. The summed E-state index contributed by atoms with van der Waals surface area (Å²) in [6.07, 6.45) is 9.96. The fourth-order valence-electron chi connectivity index (χ4n) is 3.27. The van der Waals surface area contributed by atoms with Crippen LogP contribution in [0.4, 0.5) is 0 Å². The molecule has 0 unspecified atom stereocenters. The normalized spacial score (nSPS) is 23.8. The number of nitrogens with zero attached hydrogens (tertiary/aromatic N) is 1. The van der Waals surface area contributed by atoms with Gasteiger partial charge < -0.3 is 15.0 Å². The fraction of sp³-hybridized carbons (Fsp3) is 1.00. The van der Waals surface area contributed by atoms with Gasteiger partial charge in [0.05, 0.1) is 6.10 Å². The van der Waals surface area contributed by atoms with Crippen LogP contribution in [0.25, 0.3) is 0 Å². The van der Waals surface area contributed by atoms with E-state index in [1.807, 2.05) is 0 Å². The summed E-state index contributed by atoms with van der Waals surface area (Å²) in [4.78, 5) is 2.60. The average Bonchev–Trinajstić information content (AvgIpc) is 2.90. The Hall–Kier alpha value is -0.120. The van der Waals surface area contributed by atoms with Gasteiger partial charge in [-0.3, -0.25) is 0 Å². The largest absolute Gasteiger partial charge is 0.378 e. The molecule has 2 fully saturated rings. The Morgan fingerprint density at radius 3 is 2.50 bits per heavy atom. The zero-order valence-electron chi connectivity index (χ0n) is 12.0. The van der Waals surface area contributed by atoms with Gasteiger partial charge >= 0.3 is 0 Å². The van der Waals surface area contributed by atoms with Crippen LogP contribution in [0.3, 0.4) is 0 Å². The molecule has 1 aliphatic heterocycles. The first-order valence-electron chi connectivity index (χ1n) is 7.96. The molecule has 0 bridgehead atoms. The summed E-state index contributed by atoms with van der Waals surface area (Å²) >= 11 is 0. The molecule has 106 valence electrons. The zero-order chi connectivity index (χ0) is 12.6. The van der Waals surface area contributed by atoms with Crippen LogP contribution in [0.15, 0.2) is 0 Å². The van der Waals surface area contributed by atoms with E-state index < -0.39 is 0 Å². The molecule has 2 aliphatic rings. The molecule has 0 amide bonds. The predicted molar refractivity (Wildman–Crippen MR) is 76.0 cm³/mol. The van der Waals surface area contributed by atoms with E-state index in [9.17, 15) is 0 Å². The lowest BCUT2D eigenvalue weighted by molar-refractivity contribution is 0.0141. The highest BCUT2D eigenvalue weighted by Gasteiger charge is 2.19. The van der Waals surface area contributed by atoms with Crippen molar-refractivity contribution in [3.8, 4) is 0 Å². The highest BCUT2D eigenvalue weighted by Crippen LogP contribution is 2.17. The summed E-state index contributed by atoms with van der Waals surface area (Å²) in [5.74, 6) is 0. The van der Waals surface area contributed by atoms with Gasteiger partial charge in [-0.1, -0.05) is 12.8 Å². The van der Waals surface area contributed by atoms with Crippen LogP contribution >= 0.6 is 0 Å². The van der Waals surface area contributed by atoms with Crippen molar-refractivity contribution in [2.45, 2.75) is 64.0 Å². The summed E-state index contributed by atoms with van der Waals surface area (Å²) in [6, 6.07) is 0.827. The summed E-state index contributed by atoms with van der Waals surface area (Å²) in [7, 11) is 0. The smallest absolute Gasteiger partial charge is 0.0599 e. The van der Waals surface area contributed by atoms with Crippen LogP contribution in [0.2, 0.25) is 0 Å². The van der Waals surface area contributed by atoms with Gasteiger partial charge in [0.2, 0.25) is 0 Å². The topological polar surface area (TPSA) is 24.5 Å². The molecule has 18 heavy (non-hydrogen) atoms. The third-order valence-electron chi connectivity index (χ3n) is 4.38. The van der Waals surface area contributed by atoms with Gasteiger partial charge in [-0.25, -0.2) is 0 Å². The summed E-state index contributed by atoms with van der Waals surface area (Å²) < 4.78 is 5.69. The molecule has 0 aromatic carbocycles. The molecule has 0 aromatic heterocycles. The third kappa shape index (κ3) is 4.87. The maximum absolute atomic E-state index is 5.69. The van der Waals surface area contributed by atoms with E-state index in [4.69, 9.17) is 4.74 Å². The number of hydrogen-bond acceptors (Lipinski definition) is 3. The molecule has 3 nitrogen and oxygen atoms in total. The van der Waals surface area contributed by atoms with Crippen LogP contribution in [0.1, 0.15) is 51.9 Å². The van der Waals surface area contributed by atoms with Crippen molar-refractivity contribution in [1.29, 1.82) is 0 Å². The molecule has 1 N–H and O–H groups in total. The van der Waals surface area contributed by atoms with Crippen LogP contribution in [-0.4, -0.2) is 49.8 Å². The molecule has 0 radical (unpaired) electrons. The van der Waals surface area contributed by atoms with E-state index in [1.54, 1.807) is 0 Å². The highest BCUT2D eigenvalue weighted by atomic mass is 16.5. The van der Waals surface area contributed by atoms with Gasteiger partial charge in [-0.2, -0.15) is 0 Å². The Labute approximate surface area is 112 Å². The predicted octanol–water partition coefficient (Wildman–Crippen LogP) is 2.41. The molecular formula is C15H30N2O. The van der Waals surface area contributed by atoms with Crippen molar-refractivity contribution < 1.29 is 4.74 Å². The first kappa shape index (κ1) is 14.3. The average molecular weight is 254 g/mol. The minimum absolute atomic E-state index is 0.530. The zero-order valence-corrected chi connectivity index (χ0v) is 12.0. The van der Waals surface area contributed by atoms with E-state index in [0.29, 0.717) is 6.10 Å². The third-order valence-corrected chi connectivity index (χ3v) is 4.38. The lowest BCUT2D eigenvalue weighted by Crippen LogP contribution is -2.38. The SMILES string of the molecule is CCOC1CCN(CCCNC2CCCC2)CC1. The Morgan fingerprint density at radius 2 is 1.83 bits per heavy atom. The molecule has 3 heteroatoms. The van der Waals surface area contributed by atoms with Crippen LogP contribution in [-0.2, 0) is 4.74 Å². The maximum atomic E-state index is 5.69. The number of likely N-dealkylation sites (tertiary alicyclic amines) is 1. The minimum Gasteiger partial charge on any atom is -0.378 e. The number of ether oxygens (including phenoxy) is 1. The Kier molecular flexibility index (Phi) is 6.46. The molecule has 1 saturated heterocycles. The van der Waals surface area contributed by atoms with Crippen molar-refractivity contribution in [2.24, 2.45) is 0 Å². The van der Waals surface area contributed by atoms with Gasteiger partial charge in [0.15, 0.2) is 0 Å². The summed E-state index contributed by atoms with van der Waals surface area (Å²) in [6.45, 7) is 7.90. The Bertz CT molecular complexity index is 209. The standard InChI is InChI=1S/C15H30N2O/c1-2-18-15-8-12-17(13-9-15)11-5-10-16-14-6-3-4-7-14/h14-16H,2-13H2,1H3. The van der Waals surface area contributed by atoms with Gasteiger partial charge in [0.1, 0.15) is 0 Å². The van der Waals surface area contributed by atoms with E-state index in [0.717, 1.165) is 12.6 Å². The molecule has 1 aliphatic carbocycles. The van der Waals surface area contributed by atoms with Crippen LogP contribution in [0, 0.1) is 0 Å². The van der Waals surface area contributed by atoms with Crippen LogP contribution in [0.5, 0.6) is 0 Å². The highest BCUT2D eigenvalue weighted by molar-refractivity contribution is 4.75. The molecule has 2 rings (SSSR count). The van der Waals surface area contributed by atoms with Gasteiger partial charge in [-0.15, -0.1) is 0 Å². The van der Waals surface area contributed by atoms with E-state index in [2.05, 4.69) is 17.1 Å². The summed E-state index contributed by atoms with van der Waals surface area (Å²) in [5.41, 5.74) is 0. The van der Waals surface area contributed by atoms with Gasteiger partial charge in [-0.05, 0) is 52.1 Å². The van der Waals surface area contributed by atoms with Crippen molar-refractivity contribution in [2.75, 3.05) is 32.8 Å². The molecule has 1 saturated carbocycles. The van der Waals surface area contributed by atoms with E-state index in [1.165, 1.54) is 71.1 Å². The van der Waals surface area contributed by atoms with E-state index >= 15 is 0 Å². The molecule has 1 heterocycles. The quantitative estimate of drug-likeness (QED) is 0.706. The van der Waals surface area contributed by atoms with Crippen molar-refractivity contribution in [3.05, 3.63) is 0 Å². The van der Waals surface area contributed by atoms with E-state index in [-0.39, 0.29) is 0 Å². The Balaban J connectivity index is 1.47. The van der Waals surface area contributed by atoms with Gasteiger partial charge in [0, 0.05) is 25.7 Å². The number of nitrogens with one attached hydrogen (secondary N) is 1. The molecular weight excluding hydrogens is 224 g/mol. The first-order chi connectivity index (χ1) is 8.88. The van der Waals surface area contributed by atoms with Gasteiger partial charge in [0.25, 0.3) is 0 Å². The Morgan fingerprint density at radius 1 is 1.11 bits per heavy atom. The second-order valence-electron chi connectivity index (χ2n) is 5.79. The van der Waals surface area contributed by atoms with Crippen molar-refractivity contribution in [1.82, 2.24) is 10.2 Å². The van der Waals surface area contributed by atoms with Crippen molar-refractivity contribution in [3.63, 3.8) is 0 Å². The summed E-state index contributed by atoms with van der Waals surface area (Å²) in [5, 5.41) is 3.70. The second kappa shape index (κ2) is 8.13. The van der Waals surface area contributed by atoms with Crippen molar-refractivity contribution >= 4 is 0 Å². The van der Waals surface area contributed by atoms with Crippen LogP contribution < -0.4 is 5.32 Å². The number of rotatable bonds is 7. The lowest BCUT2D eigenvalue weighted by Gasteiger charge is -2.31. The fourth-order valence-corrected chi connectivity index (χ4v) is 3.27. The first-order valence-corrected chi connectivity index (χ1v) is 7.96. The molecule has 0 atom stereocenters. The minimum atomic E-state index is 0.530.